The van der Waals surface area contributed by atoms with Crippen molar-refractivity contribution in [1.29, 1.82) is 0 Å². The van der Waals surface area contributed by atoms with Crippen LogP contribution in [0, 0.1) is 5.82 Å². The van der Waals surface area contributed by atoms with Gasteiger partial charge in [0.05, 0.1) is 17.5 Å². The van der Waals surface area contributed by atoms with E-state index in [9.17, 15) is 35.6 Å². The number of piperidine rings is 1. The van der Waals surface area contributed by atoms with E-state index in [-0.39, 0.29) is 11.9 Å². The van der Waals surface area contributed by atoms with Gasteiger partial charge in [-0.25, -0.2) is 22.6 Å². The molecule has 14 heteroatoms. The minimum atomic E-state index is -4.73. The number of sulfonamides is 1. The molecule has 1 aliphatic heterocycles. The van der Waals surface area contributed by atoms with Crippen LogP contribution in [0.1, 0.15) is 18.4 Å². The monoisotopic (exact) mass is 565 g/mol. The first-order valence-electron chi connectivity index (χ1n) is 11.6. The van der Waals surface area contributed by atoms with Gasteiger partial charge in [-0.15, -0.1) is 0 Å². The summed E-state index contributed by atoms with van der Waals surface area (Å²) >= 11 is 0. The lowest BCUT2D eigenvalue weighted by molar-refractivity contribution is -0.137. The van der Waals surface area contributed by atoms with Crippen LogP contribution in [0.15, 0.2) is 60.8 Å². The molecular weight excluding hydrogens is 542 g/mol. The summed E-state index contributed by atoms with van der Waals surface area (Å²) in [5.74, 6) is -1.53. The van der Waals surface area contributed by atoms with Crippen LogP contribution in [0.5, 0.6) is 0 Å². The third-order valence-corrected chi connectivity index (χ3v) is 6.43. The Balaban J connectivity index is 1.44. The number of carbonyl (C=O) groups is 2. The zero-order valence-corrected chi connectivity index (χ0v) is 21.2. The Morgan fingerprint density at radius 1 is 1.10 bits per heavy atom. The highest BCUT2D eigenvalue weighted by Crippen LogP contribution is 2.32. The molecule has 206 valence electrons. The number of anilines is 3. The molecule has 0 aliphatic carbocycles. The van der Waals surface area contributed by atoms with Crippen LogP contribution in [0.4, 0.5) is 39.5 Å². The lowest BCUT2D eigenvalue weighted by Crippen LogP contribution is -2.53. The van der Waals surface area contributed by atoms with E-state index in [1.807, 2.05) is 0 Å². The second kappa shape index (κ2) is 10.9. The van der Waals surface area contributed by atoms with Crippen molar-refractivity contribution in [3.05, 3.63) is 72.2 Å². The van der Waals surface area contributed by atoms with Gasteiger partial charge in [0.25, 0.3) is 0 Å². The van der Waals surface area contributed by atoms with Crippen molar-refractivity contribution in [2.24, 2.45) is 0 Å². The first-order chi connectivity index (χ1) is 18.3. The number of amides is 3. The number of nitrogens with zero attached hydrogens (tertiary/aromatic N) is 2. The van der Waals surface area contributed by atoms with Gasteiger partial charge in [-0.05, 0) is 60.9 Å². The molecule has 0 spiro atoms. The first-order valence-corrected chi connectivity index (χ1v) is 13.5. The summed E-state index contributed by atoms with van der Waals surface area (Å²) < 4.78 is 78.0. The number of benzene rings is 2. The van der Waals surface area contributed by atoms with Crippen LogP contribution < -0.4 is 20.3 Å². The number of nitrogens with one attached hydrogen (secondary N) is 3. The van der Waals surface area contributed by atoms with E-state index in [0.29, 0.717) is 42.3 Å². The van der Waals surface area contributed by atoms with Crippen LogP contribution in [-0.4, -0.2) is 44.2 Å². The molecule has 9 nitrogen and oxygen atoms in total. The van der Waals surface area contributed by atoms with E-state index >= 15 is 0 Å². The molecule has 0 radical (unpaired) electrons. The average Bonchev–Trinajstić information content (AvgIpc) is 2.85. The summed E-state index contributed by atoms with van der Waals surface area (Å²) in [6, 6.07) is 9.92. The fourth-order valence-electron chi connectivity index (χ4n) is 4.09. The smallest absolute Gasteiger partial charge is 0.326 e. The zero-order chi connectivity index (χ0) is 28.4. The molecule has 4 rings (SSSR count). The summed E-state index contributed by atoms with van der Waals surface area (Å²) in [6.45, 7) is 0.374. The Bertz CT molecular complexity index is 1500. The van der Waals surface area contributed by atoms with Gasteiger partial charge < -0.3 is 15.5 Å². The van der Waals surface area contributed by atoms with Gasteiger partial charge in [-0.2, -0.15) is 13.2 Å². The van der Waals surface area contributed by atoms with E-state index in [0.717, 1.165) is 12.3 Å². The number of urea groups is 1. The van der Waals surface area contributed by atoms with Gasteiger partial charge >= 0.3 is 12.2 Å². The predicted octanol–water partition coefficient (Wildman–Crippen LogP) is 4.60. The van der Waals surface area contributed by atoms with Crippen molar-refractivity contribution in [3.63, 3.8) is 0 Å². The first kappa shape index (κ1) is 27.8. The molecule has 2 heterocycles. The van der Waals surface area contributed by atoms with E-state index in [1.54, 1.807) is 36.4 Å². The summed E-state index contributed by atoms with van der Waals surface area (Å²) in [5.41, 5.74) is 0.0602. The highest BCUT2D eigenvalue weighted by atomic mass is 32.2. The van der Waals surface area contributed by atoms with Gasteiger partial charge in [0.1, 0.15) is 17.7 Å². The lowest BCUT2D eigenvalue weighted by atomic mass is 10.0. The van der Waals surface area contributed by atoms with E-state index in [4.69, 9.17) is 0 Å². The molecule has 0 unspecified atom stereocenters. The van der Waals surface area contributed by atoms with Crippen molar-refractivity contribution in [2.45, 2.75) is 25.1 Å². The molecule has 1 atom stereocenters. The quantitative estimate of drug-likeness (QED) is 0.378. The van der Waals surface area contributed by atoms with Crippen molar-refractivity contribution < 1.29 is 35.6 Å². The van der Waals surface area contributed by atoms with E-state index in [1.165, 1.54) is 11.1 Å². The minimum absolute atomic E-state index is 0.154. The maximum atomic E-state index is 14.1. The summed E-state index contributed by atoms with van der Waals surface area (Å²) in [6.07, 6.45) is -1.41. The Hall–Kier alpha value is -4.20. The highest BCUT2D eigenvalue weighted by molar-refractivity contribution is 7.92. The van der Waals surface area contributed by atoms with Gasteiger partial charge in [0.15, 0.2) is 0 Å². The molecule has 1 aliphatic rings. The van der Waals surface area contributed by atoms with Crippen LogP contribution in [0.25, 0.3) is 11.1 Å². The highest BCUT2D eigenvalue weighted by Gasteiger charge is 2.33. The fraction of sp³-hybridized carbons (Fsp3) is 0.240. The van der Waals surface area contributed by atoms with Crippen molar-refractivity contribution in [3.8, 4) is 11.1 Å². The fourth-order valence-corrected chi connectivity index (χ4v) is 4.61. The van der Waals surface area contributed by atoms with Crippen molar-refractivity contribution >= 4 is 39.2 Å². The topological polar surface area (TPSA) is 120 Å². The summed E-state index contributed by atoms with van der Waals surface area (Å²) in [7, 11) is -3.56. The SMILES string of the molecule is CS(=O)(=O)Nc1ncccc1-c1ccc(N2CCC[C@@H](NC(=O)Nc3ccc(C(F)(F)F)cc3F)C2=O)cc1. The second-order valence-electron chi connectivity index (χ2n) is 8.80. The van der Waals surface area contributed by atoms with Gasteiger partial charge in [-0.3, -0.25) is 9.52 Å². The average molecular weight is 566 g/mol. The number of halogens is 4. The van der Waals surface area contributed by atoms with Crippen molar-refractivity contribution in [1.82, 2.24) is 10.3 Å². The number of hydrogen-bond acceptors (Lipinski definition) is 5. The molecule has 0 saturated carbocycles. The second-order valence-corrected chi connectivity index (χ2v) is 10.5. The molecular formula is C25H23F4N5O4S. The van der Waals surface area contributed by atoms with Gasteiger partial charge in [-0.1, -0.05) is 12.1 Å². The Morgan fingerprint density at radius 3 is 2.46 bits per heavy atom. The largest absolute Gasteiger partial charge is 0.416 e. The Morgan fingerprint density at radius 2 is 1.82 bits per heavy atom. The van der Waals surface area contributed by atoms with Crippen LogP contribution >= 0.6 is 0 Å². The molecule has 1 aromatic heterocycles. The maximum absolute atomic E-state index is 14.1. The molecule has 1 saturated heterocycles. The van der Waals surface area contributed by atoms with Crippen LogP contribution in [0.3, 0.4) is 0 Å². The molecule has 2 aromatic carbocycles. The Labute approximate surface area is 221 Å². The summed E-state index contributed by atoms with van der Waals surface area (Å²) in [5, 5.41) is 4.59. The molecule has 3 N–H and O–H groups in total. The number of carbonyl (C=O) groups excluding carboxylic acids is 2. The number of hydrogen-bond donors (Lipinski definition) is 3. The predicted molar refractivity (Wildman–Crippen MR) is 137 cm³/mol. The van der Waals surface area contributed by atoms with E-state index in [2.05, 4.69) is 20.3 Å². The molecule has 3 aromatic rings. The lowest BCUT2D eigenvalue weighted by Gasteiger charge is -2.32. The maximum Gasteiger partial charge on any atom is 0.416 e. The summed E-state index contributed by atoms with van der Waals surface area (Å²) in [4.78, 5) is 31.0. The molecule has 1 fully saturated rings. The normalized spacial score (nSPS) is 16.1. The van der Waals surface area contributed by atoms with Crippen LogP contribution in [0.2, 0.25) is 0 Å². The number of pyridine rings is 1. The molecule has 3 amide bonds. The van der Waals surface area contributed by atoms with E-state index < -0.39 is 51.2 Å². The minimum Gasteiger partial charge on any atom is -0.326 e. The number of rotatable bonds is 6. The third kappa shape index (κ3) is 6.82. The van der Waals surface area contributed by atoms with Crippen molar-refractivity contribution in [2.75, 3.05) is 27.7 Å². The van der Waals surface area contributed by atoms with Crippen LogP contribution in [-0.2, 0) is 21.0 Å². The van der Waals surface area contributed by atoms with Gasteiger partial charge in [0, 0.05) is 24.0 Å². The zero-order valence-electron chi connectivity index (χ0n) is 20.4. The van der Waals surface area contributed by atoms with Gasteiger partial charge in [0.2, 0.25) is 15.9 Å². The standard InChI is InChI=1S/C25H23F4N5O4S/c1-39(37,38)33-22-18(4-2-12-30-22)15-6-9-17(10-7-15)34-13-3-5-21(23(34)35)32-24(36)31-20-11-8-16(14-19(20)26)25(27,28)29/h2,4,6-12,14,21H,3,5,13H2,1H3,(H,30,33)(H2,31,32,36)/t21-/m1/s1. The number of alkyl halides is 3. The Kier molecular flexibility index (Phi) is 7.77. The number of aromatic nitrogens is 1. The molecule has 0 bridgehead atoms. The molecule has 39 heavy (non-hydrogen) atoms. The third-order valence-electron chi connectivity index (χ3n) is 5.87.